The normalized spacial score (nSPS) is 13.1. The zero-order valence-electron chi connectivity index (χ0n) is 30.8. The van der Waals surface area contributed by atoms with Crippen molar-refractivity contribution in [3.8, 4) is 0 Å². The maximum absolute atomic E-state index is 12.3. The standard InChI is InChI=1S/C40H69O8P/c1-3-5-7-9-11-13-15-17-19-21-22-24-26-28-30-32-34-39(41)46-36-38(37-47-49(43,44)45)48-40(42)35-33-31-29-27-25-23-20-18-16-14-12-10-8-6-4-2/h6,8,12,14,18,20,25,27,31,33,38H,3-5,7,9-11,13,15-17,19,21-24,26,28-30,32,34-37H2,1-2H3,(H2,43,44,45)/b8-6-,14-12-,20-18-,27-25-,33-31-. The summed E-state index contributed by atoms with van der Waals surface area (Å²) < 4.78 is 26.2. The number of carbonyl (C=O) groups is 2. The Morgan fingerprint density at radius 3 is 1.39 bits per heavy atom. The molecule has 0 aromatic carbocycles. The summed E-state index contributed by atoms with van der Waals surface area (Å²) in [4.78, 5) is 42.6. The number of hydrogen-bond acceptors (Lipinski definition) is 6. The van der Waals surface area contributed by atoms with Crippen molar-refractivity contribution in [3.63, 3.8) is 0 Å². The van der Waals surface area contributed by atoms with Crippen molar-refractivity contribution in [1.82, 2.24) is 0 Å². The summed E-state index contributed by atoms with van der Waals surface area (Å²) >= 11 is 0. The minimum atomic E-state index is -4.78. The molecule has 0 saturated heterocycles. The van der Waals surface area contributed by atoms with Gasteiger partial charge in [-0.3, -0.25) is 14.1 Å². The Hall–Kier alpha value is -2.25. The van der Waals surface area contributed by atoms with Crippen LogP contribution in [-0.2, 0) is 28.2 Å². The van der Waals surface area contributed by atoms with Gasteiger partial charge in [-0.1, -0.05) is 171 Å². The second-order valence-corrected chi connectivity index (χ2v) is 13.8. The molecule has 0 aliphatic heterocycles. The van der Waals surface area contributed by atoms with Crippen molar-refractivity contribution in [2.45, 2.75) is 168 Å². The average Bonchev–Trinajstić information content (AvgIpc) is 3.07. The van der Waals surface area contributed by atoms with Gasteiger partial charge in [0.15, 0.2) is 6.10 Å². The average molecular weight is 709 g/mol. The number of ether oxygens (including phenoxy) is 2. The molecule has 0 bridgehead atoms. The predicted molar refractivity (Wildman–Crippen MR) is 202 cm³/mol. The van der Waals surface area contributed by atoms with E-state index in [0.29, 0.717) is 12.8 Å². The minimum Gasteiger partial charge on any atom is -0.462 e. The van der Waals surface area contributed by atoms with Gasteiger partial charge in [-0.15, -0.1) is 0 Å². The number of unbranched alkanes of at least 4 members (excludes halogenated alkanes) is 15. The van der Waals surface area contributed by atoms with Crippen LogP contribution in [0.2, 0.25) is 0 Å². The molecule has 0 aromatic rings. The van der Waals surface area contributed by atoms with E-state index in [1.54, 1.807) is 6.08 Å². The van der Waals surface area contributed by atoms with Gasteiger partial charge >= 0.3 is 19.8 Å². The van der Waals surface area contributed by atoms with Gasteiger partial charge in [0, 0.05) is 6.42 Å². The summed E-state index contributed by atoms with van der Waals surface area (Å²) in [5, 5.41) is 0. The lowest BCUT2D eigenvalue weighted by Gasteiger charge is -2.18. The van der Waals surface area contributed by atoms with E-state index in [9.17, 15) is 14.2 Å². The van der Waals surface area contributed by atoms with Crippen molar-refractivity contribution in [2.75, 3.05) is 13.2 Å². The summed E-state index contributed by atoms with van der Waals surface area (Å²) in [5.74, 6) is -1.03. The highest BCUT2D eigenvalue weighted by molar-refractivity contribution is 7.46. The lowest BCUT2D eigenvalue weighted by Crippen LogP contribution is -2.29. The molecule has 0 rings (SSSR count). The maximum Gasteiger partial charge on any atom is 0.469 e. The van der Waals surface area contributed by atoms with E-state index in [1.807, 2.05) is 12.2 Å². The Kier molecular flexibility index (Phi) is 33.9. The van der Waals surface area contributed by atoms with Crippen LogP contribution in [-0.4, -0.2) is 41.0 Å². The van der Waals surface area contributed by atoms with E-state index in [2.05, 4.69) is 60.9 Å². The highest BCUT2D eigenvalue weighted by Crippen LogP contribution is 2.35. The van der Waals surface area contributed by atoms with Crippen molar-refractivity contribution in [3.05, 3.63) is 60.8 Å². The smallest absolute Gasteiger partial charge is 0.462 e. The highest BCUT2D eigenvalue weighted by atomic mass is 31.2. The minimum absolute atomic E-state index is 0.0208. The van der Waals surface area contributed by atoms with Crippen molar-refractivity contribution < 1.29 is 37.9 Å². The molecule has 0 spiro atoms. The van der Waals surface area contributed by atoms with Crippen LogP contribution in [0.3, 0.4) is 0 Å². The zero-order valence-corrected chi connectivity index (χ0v) is 31.7. The largest absolute Gasteiger partial charge is 0.469 e. The molecule has 2 N–H and O–H groups in total. The third-order valence-corrected chi connectivity index (χ3v) is 8.32. The molecular weight excluding hydrogens is 639 g/mol. The van der Waals surface area contributed by atoms with Crippen LogP contribution < -0.4 is 0 Å². The van der Waals surface area contributed by atoms with Crippen LogP contribution in [0.15, 0.2) is 60.8 Å². The molecule has 0 saturated carbocycles. The van der Waals surface area contributed by atoms with E-state index in [-0.39, 0.29) is 19.4 Å². The maximum atomic E-state index is 12.3. The first-order valence-electron chi connectivity index (χ1n) is 19.1. The Morgan fingerprint density at radius 2 is 0.959 bits per heavy atom. The molecule has 0 radical (unpaired) electrons. The number of carbonyl (C=O) groups excluding carboxylic acids is 2. The number of rotatable bonds is 34. The molecule has 0 aliphatic carbocycles. The van der Waals surface area contributed by atoms with Gasteiger partial charge in [-0.2, -0.15) is 0 Å². The fourth-order valence-electron chi connectivity index (χ4n) is 5.04. The monoisotopic (exact) mass is 708 g/mol. The number of esters is 2. The van der Waals surface area contributed by atoms with E-state index in [1.165, 1.54) is 83.5 Å². The number of phosphoric acid groups is 1. The first kappa shape index (κ1) is 46.8. The topological polar surface area (TPSA) is 119 Å². The Balaban J connectivity index is 4.08. The lowest BCUT2D eigenvalue weighted by molar-refractivity contribution is -0.160. The molecule has 1 unspecified atom stereocenters. The molecular formula is C40H69O8P. The molecule has 9 heteroatoms. The first-order chi connectivity index (χ1) is 23.8. The van der Waals surface area contributed by atoms with Gasteiger partial charge in [0.05, 0.1) is 13.0 Å². The molecule has 8 nitrogen and oxygen atoms in total. The third kappa shape index (κ3) is 38.4. The van der Waals surface area contributed by atoms with Crippen molar-refractivity contribution >= 4 is 19.8 Å². The molecule has 0 aromatic heterocycles. The van der Waals surface area contributed by atoms with Gasteiger partial charge in [0.2, 0.25) is 0 Å². The van der Waals surface area contributed by atoms with E-state index in [0.717, 1.165) is 38.5 Å². The van der Waals surface area contributed by atoms with Gasteiger partial charge in [-0.05, 0) is 38.5 Å². The van der Waals surface area contributed by atoms with Crippen LogP contribution >= 0.6 is 7.82 Å². The van der Waals surface area contributed by atoms with Crippen LogP contribution in [0, 0.1) is 0 Å². The second-order valence-electron chi connectivity index (χ2n) is 12.5. The predicted octanol–water partition coefficient (Wildman–Crippen LogP) is 11.3. The highest BCUT2D eigenvalue weighted by Gasteiger charge is 2.22. The van der Waals surface area contributed by atoms with Crippen LogP contribution in [0.1, 0.15) is 162 Å². The summed E-state index contributed by atoms with van der Waals surface area (Å²) in [7, 11) is -4.78. The molecule has 49 heavy (non-hydrogen) atoms. The molecule has 0 heterocycles. The Morgan fingerprint density at radius 1 is 0.551 bits per heavy atom. The lowest BCUT2D eigenvalue weighted by atomic mass is 10.0. The van der Waals surface area contributed by atoms with Crippen LogP contribution in [0.5, 0.6) is 0 Å². The number of allylic oxidation sites excluding steroid dienone is 9. The summed E-state index contributed by atoms with van der Waals surface area (Å²) in [6.07, 6.45) is 44.0. The number of phosphoric ester groups is 1. The molecule has 0 fully saturated rings. The van der Waals surface area contributed by atoms with E-state index >= 15 is 0 Å². The van der Waals surface area contributed by atoms with E-state index < -0.39 is 32.5 Å². The van der Waals surface area contributed by atoms with Gasteiger partial charge in [-0.25, -0.2) is 4.57 Å². The van der Waals surface area contributed by atoms with Crippen molar-refractivity contribution in [1.29, 1.82) is 0 Å². The van der Waals surface area contributed by atoms with Crippen LogP contribution in [0.4, 0.5) is 0 Å². The van der Waals surface area contributed by atoms with Gasteiger partial charge < -0.3 is 19.3 Å². The van der Waals surface area contributed by atoms with Gasteiger partial charge in [0.25, 0.3) is 0 Å². The fraction of sp³-hybridized carbons (Fsp3) is 0.700. The molecule has 282 valence electrons. The van der Waals surface area contributed by atoms with Gasteiger partial charge in [0.1, 0.15) is 6.61 Å². The van der Waals surface area contributed by atoms with E-state index in [4.69, 9.17) is 19.3 Å². The summed E-state index contributed by atoms with van der Waals surface area (Å²) in [6.45, 7) is 3.48. The SMILES string of the molecule is CC/C=C\C/C=C\C/C=C\C/C=C\C/C=C\CC(=O)OC(COC(=O)CCCCCCCCCCCCCCCCCC)COP(=O)(O)O. The Bertz CT molecular complexity index is 979. The second kappa shape index (κ2) is 35.6. The zero-order chi connectivity index (χ0) is 36.1. The first-order valence-corrected chi connectivity index (χ1v) is 20.6. The fourth-order valence-corrected chi connectivity index (χ4v) is 5.40. The summed E-state index contributed by atoms with van der Waals surface area (Å²) in [5.41, 5.74) is 0. The molecule has 0 amide bonds. The van der Waals surface area contributed by atoms with Crippen molar-refractivity contribution in [2.24, 2.45) is 0 Å². The van der Waals surface area contributed by atoms with Crippen LogP contribution in [0.25, 0.3) is 0 Å². The Labute approximate surface area is 298 Å². The molecule has 1 atom stereocenters. The third-order valence-electron chi connectivity index (χ3n) is 7.83. The quantitative estimate of drug-likeness (QED) is 0.0293. The summed E-state index contributed by atoms with van der Waals surface area (Å²) in [6, 6.07) is 0. The molecule has 0 aliphatic rings. The number of hydrogen-bond donors (Lipinski definition) is 2.